The van der Waals surface area contributed by atoms with Crippen LogP contribution in [0.2, 0.25) is 0 Å². The molecular weight excluding hydrogens is 402 g/mol. The number of hydrogen-bond acceptors (Lipinski definition) is 7. The predicted molar refractivity (Wildman–Crippen MR) is 128 cm³/mol. The quantitative estimate of drug-likeness (QED) is 0.447. The number of methoxy groups -OCH3 is 1. The lowest BCUT2D eigenvalue weighted by Gasteiger charge is -2.19. The van der Waals surface area contributed by atoms with E-state index in [1.54, 1.807) is 19.5 Å². The summed E-state index contributed by atoms with van der Waals surface area (Å²) in [7, 11) is 3.65. The molecule has 32 heavy (non-hydrogen) atoms. The summed E-state index contributed by atoms with van der Waals surface area (Å²) >= 11 is 0. The molecule has 0 aliphatic rings. The Balaban J connectivity index is 1.64. The van der Waals surface area contributed by atoms with E-state index in [0.29, 0.717) is 11.7 Å². The van der Waals surface area contributed by atoms with E-state index >= 15 is 0 Å². The number of benzene rings is 1. The highest BCUT2D eigenvalue weighted by Gasteiger charge is 2.14. The minimum atomic E-state index is 0.124. The van der Waals surface area contributed by atoms with Crippen molar-refractivity contribution in [1.29, 1.82) is 0 Å². The minimum Gasteiger partial charge on any atom is -0.495 e. The van der Waals surface area contributed by atoms with Gasteiger partial charge in [0.15, 0.2) is 5.82 Å². The van der Waals surface area contributed by atoms with Crippen molar-refractivity contribution < 1.29 is 4.74 Å². The molecule has 0 radical (unpaired) electrons. The van der Waals surface area contributed by atoms with Crippen LogP contribution in [-0.2, 0) is 7.05 Å². The van der Waals surface area contributed by atoms with Gasteiger partial charge in [-0.2, -0.15) is 0 Å². The lowest BCUT2D eigenvalue weighted by molar-refractivity contribution is 0.417. The smallest absolute Gasteiger partial charge is 0.227 e. The minimum absolute atomic E-state index is 0.124. The summed E-state index contributed by atoms with van der Waals surface area (Å²) in [5, 5.41) is 7.63. The number of rotatable bonds is 6. The molecule has 8 heteroatoms. The van der Waals surface area contributed by atoms with Crippen LogP contribution in [0, 0.1) is 12.3 Å². The van der Waals surface area contributed by atoms with Crippen LogP contribution in [0.15, 0.2) is 42.9 Å². The van der Waals surface area contributed by atoms with Gasteiger partial charge >= 0.3 is 0 Å². The molecular formula is C24H29N7O. The predicted octanol–water partition coefficient (Wildman–Crippen LogP) is 4.94. The third-order valence-electron chi connectivity index (χ3n) is 5.25. The highest BCUT2D eigenvalue weighted by Crippen LogP contribution is 2.32. The summed E-state index contributed by atoms with van der Waals surface area (Å²) < 4.78 is 7.69. The summed E-state index contributed by atoms with van der Waals surface area (Å²) in [6, 6.07) is 7.89. The standard InChI is InChI=1S/C24H29N7O/c1-15-26-13-19(31(15)5)16-7-8-18(20(11-16)32-6)29-23-27-12-17-9-10-25-22(21(17)30-23)28-14-24(2,3)4/h7-13H,14H2,1-6H3,(H,25,28)(H,27,29,30). The maximum atomic E-state index is 5.64. The van der Waals surface area contributed by atoms with Crippen LogP contribution in [-0.4, -0.2) is 38.2 Å². The van der Waals surface area contributed by atoms with Crippen molar-refractivity contribution in [3.05, 3.63) is 48.7 Å². The van der Waals surface area contributed by atoms with Gasteiger partial charge in [-0.3, -0.25) is 0 Å². The molecule has 0 atom stereocenters. The van der Waals surface area contributed by atoms with E-state index in [9.17, 15) is 0 Å². The number of pyridine rings is 1. The molecule has 0 unspecified atom stereocenters. The lowest BCUT2D eigenvalue weighted by Crippen LogP contribution is -2.19. The molecule has 8 nitrogen and oxygen atoms in total. The second kappa shape index (κ2) is 8.45. The molecule has 3 heterocycles. The zero-order valence-electron chi connectivity index (χ0n) is 19.4. The van der Waals surface area contributed by atoms with Crippen LogP contribution >= 0.6 is 0 Å². The number of aryl methyl sites for hydroxylation is 1. The molecule has 2 N–H and O–H groups in total. The first kappa shape index (κ1) is 21.5. The van der Waals surface area contributed by atoms with Crippen LogP contribution in [0.1, 0.15) is 26.6 Å². The number of nitrogens with zero attached hydrogens (tertiary/aromatic N) is 5. The molecule has 0 saturated carbocycles. The van der Waals surface area contributed by atoms with Gasteiger partial charge in [-0.05, 0) is 30.5 Å². The molecule has 1 aromatic carbocycles. The van der Waals surface area contributed by atoms with Gasteiger partial charge in [0.1, 0.15) is 17.1 Å². The molecule has 4 aromatic rings. The Hall–Kier alpha value is -3.68. The van der Waals surface area contributed by atoms with E-state index < -0.39 is 0 Å². The lowest BCUT2D eigenvalue weighted by atomic mass is 9.97. The Morgan fingerprint density at radius 1 is 1.06 bits per heavy atom. The molecule has 0 amide bonds. The van der Waals surface area contributed by atoms with Crippen molar-refractivity contribution in [3.8, 4) is 17.0 Å². The number of aromatic nitrogens is 5. The van der Waals surface area contributed by atoms with Crippen LogP contribution in [0.25, 0.3) is 22.2 Å². The second-order valence-corrected chi connectivity index (χ2v) is 8.99. The average molecular weight is 432 g/mol. The van der Waals surface area contributed by atoms with E-state index in [2.05, 4.69) is 46.4 Å². The fourth-order valence-electron chi connectivity index (χ4n) is 3.34. The number of imidazole rings is 1. The molecule has 4 rings (SSSR count). The Kier molecular flexibility index (Phi) is 5.69. The van der Waals surface area contributed by atoms with Gasteiger partial charge in [0.2, 0.25) is 5.95 Å². The third-order valence-corrected chi connectivity index (χ3v) is 5.25. The molecule has 0 bridgehead atoms. The largest absolute Gasteiger partial charge is 0.495 e. The molecule has 166 valence electrons. The van der Waals surface area contributed by atoms with Crippen molar-refractivity contribution in [3.63, 3.8) is 0 Å². The third kappa shape index (κ3) is 4.49. The topological polar surface area (TPSA) is 89.8 Å². The Labute approximate surface area is 188 Å². The molecule has 0 aliphatic carbocycles. The number of nitrogens with one attached hydrogen (secondary N) is 2. The van der Waals surface area contributed by atoms with Crippen molar-refractivity contribution in [2.24, 2.45) is 12.5 Å². The number of anilines is 3. The normalized spacial score (nSPS) is 11.6. The highest BCUT2D eigenvalue weighted by molar-refractivity contribution is 5.88. The van der Waals surface area contributed by atoms with Gasteiger partial charge in [-0.1, -0.05) is 26.8 Å². The van der Waals surface area contributed by atoms with Crippen LogP contribution < -0.4 is 15.4 Å². The molecule has 0 fully saturated rings. The summed E-state index contributed by atoms with van der Waals surface area (Å²) in [5.41, 5.74) is 3.72. The average Bonchev–Trinajstić information content (AvgIpc) is 3.10. The van der Waals surface area contributed by atoms with E-state index in [1.807, 2.05) is 49.0 Å². The van der Waals surface area contributed by atoms with Gasteiger partial charge in [0.25, 0.3) is 0 Å². The van der Waals surface area contributed by atoms with Crippen LogP contribution in [0.5, 0.6) is 5.75 Å². The maximum Gasteiger partial charge on any atom is 0.227 e. The van der Waals surface area contributed by atoms with Crippen molar-refractivity contribution in [1.82, 2.24) is 24.5 Å². The first-order valence-corrected chi connectivity index (χ1v) is 10.5. The summed E-state index contributed by atoms with van der Waals surface area (Å²) in [6.07, 6.45) is 5.43. The Morgan fingerprint density at radius 2 is 1.88 bits per heavy atom. The van der Waals surface area contributed by atoms with Gasteiger partial charge in [0, 0.05) is 36.9 Å². The van der Waals surface area contributed by atoms with Crippen molar-refractivity contribution in [2.45, 2.75) is 27.7 Å². The molecule has 0 aliphatic heterocycles. The van der Waals surface area contributed by atoms with Gasteiger partial charge in [-0.25, -0.2) is 19.9 Å². The number of ether oxygens (including phenoxy) is 1. The van der Waals surface area contributed by atoms with Gasteiger partial charge in [-0.15, -0.1) is 0 Å². The van der Waals surface area contributed by atoms with Crippen LogP contribution in [0.4, 0.5) is 17.5 Å². The monoisotopic (exact) mass is 431 g/mol. The van der Waals surface area contributed by atoms with E-state index in [0.717, 1.165) is 46.0 Å². The first-order chi connectivity index (χ1) is 15.2. The molecule has 3 aromatic heterocycles. The second-order valence-electron chi connectivity index (χ2n) is 8.99. The van der Waals surface area contributed by atoms with Crippen molar-refractivity contribution in [2.75, 3.05) is 24.3 Å². The molecule has 0 spiro atoms. The summed E-state index contributed by atoms with van der Waals surface area (Å²) in [4.78, 5) is 18.1. The zero-order chi connectivity index (χ0) is 22.9. The number of fused-ring (bicyclic) bond motifs is 1. The van der Waals surface area contributed by atoms with Crippen molar-refractivity contribution >= 4 is 28.4 Å². The summed E-state index contributed by atoms with van der Waals surface area (Å²) in [6.45, 7) is 9.30. The Morgan fingerprint density at radius 3 is 2.56 bits per heavy atom. The zero-order valence-corrected chi connectivity index (χ0v) is 19.4. The van der Waals surface area contributed by atoms with Crippen LogP contribution in [0.3, 0.4) is 0 Å². The number of hydrogen-bond donors (Lipinski definition) is 2. The van der Waals surface area contributed by atoms with Gasteiger partial charge in [0.05, 0.1) is 24.7 Å². The van der Waals surface area contributed by atoms with E-state index in [4.69, 9.17) is 9.72 Å². The Bertz CT molecular complexity index is 1260. The van der Waals surface area contributed by atoms with Gasteiger partial charge < -0.3 is 19.9 Å². The highest BCUT2D eigenvalue weighted by atomic mass is 16.5. The summed E-state index contributed by atoms with van der Waals surface area (Å²) in [5.74, 6) is 2.88. The maximum absolute atomic E-state index is 5.64. The fraction of sp³-hybridized carbons (Fsp3) is 0.333. The van der Waals surface area contributed by atoms with E-state index in [-0.39, 0.29) is 5.41 Å². The first-order valence-electron chi connectivity index (χ1n) is 10.5. The fourth-order valence-corrected chi connectivity index (χ4v) is 3.34. The molecule has 0 saturated heterocycles. The SMILES string of the molecule is COc1cc(-c2cnc(C)n2C)ccc1Nc1ncc2ccnc(NCC(C)(C)C)c2n1. The van der Waals surface area contributed by atoms with E-state index in [1.165, 1.54) is 0 Å².